The Kier molecular flexibility index (Phi) is 4.83. The normalized spacial score (nSPS) is 14.8. The van der Waals surface area contributed by atoms with Gasteiger partial charge in [-0.25, -0.2) is 8.78 Å². The largest absolute Gasteiger partial charge is 0.396 e. The van der Waals surface area contributed by atoms with Crippen molar-refractivity contribution in [3.8, 4) is 0 Å². The lowest BCUT2D eigenvalue weighted by Gasteiger charge is -2.17. The lowest BCUT2D eigenvalue weighted by Crippen LogP contribution is -2.20. The first-order valence-electron chi connectivity index (χ1n) is 5.34. The second kappa shape index (κ2) is 5.92. The van der Waals surface area contributed by atoms with E-state index in [1.807, 2.05) is 6.92 Å². The molecule has 4 heteroatoms. The number of benzene rings is 1. The van der Waals surface area contributed by atoms with Gasteiger partial charge < -0.3 is 10.8 Å². The molecule has 0 saturated carbocycles. The lowest BCUT2D eigenvalue weighted by molar-refractivity contribution is 0.217. The zero-order valence-electron chi connectivity index (χ0n) is 9.29. The molecule has 0 spiro atoms. The minimum Gasteiger partial charge on any atom is -0.396 e. The highest BCUT2D eigenvalue weighted by atomic mass is 19.2. The van der Waals surface area contributed by atoms with E-state index in [1.165, 1.54) is 6.07 Å². The first kappa shape index (κ1) is 13.1. The van der Waals surface area contributed by atoms with Gasteiger partial charge in [-0.15, -0.1) is 0 Å². The van der Waals surface area contributed by atoms with E-state index in [4.69, 9.17) is 10.8 Å². The van der Waals surface area contributed by atoms with E-state index < -0.39 is 11.6 Å². The molecule has 2 atom stereocenters. The van der Waals surface area contributed by atoms with Gasteiger partial charge in [-0.05, 0) is 42.5 Å². The number of halogens is 2. The van der Waals surface area contributed by atoms with Crippen molar-refractivity contribution in [1.82, 2.24) is 0 Å². The fourth-order valence-electron chi connectivity index (χ4n) is 1.70. The van der Waals surface area contributed by atoms with Crippen molar-refractivity contribution in [2.75, 3.05) is 13.2 Å². The first-order valence-corrected chi connectivity index (χ1v) is 5.34. The number of nitrogens with two attached hydrogens (primary N) is 1. The summed E-state index contributed by atoms with van der Waals surface area (Å²) in [6.45, 7) is 2.32. The van der Waals surface area contributed by atoms with Gasteiger partial charge in [-0.3, -0.25) is 0 Å². The van der Waals surface area contributed by atoms with Crippen molar-refractivity contribution in [3.63, 3.8) is 0 Å². The van der Waals surface area contributed by atoms with Crippen LogP contribution in [0.5, 0.6) is 0 Å². The predicted octanol–water partition coefficient (Wildman–Crippen LogP) is 2.03. The molecule has 0 aliphatic rings. The highest BCUT2D eigenvalue weighted by Crippen LogP contribution is 2.24. The van der Waals surface area contributed by atoms with Gasteiger partial charge in [0, 0.05) is 6.61 Å². The Bertz CT molecular complexity index is 340. The highest BCUT2D eigenvalue weighted by Gasteiger charge is 2.14. The summed E-state index contributed by atoms with van der Waals surface area (Å²) in [6.07, 6.45) is 0.665. The molecule has 2 nitrogen and oxygen atoms in total. The highest BCUT2D eigenvalue weighted by molar-refractivity contribution is 5.21. The smallest absolute Gasteiger partial charge is 0.159 e. The van der Waals surface area contributed by atoms with Crippen molar-refractivity contribution < 1.29 is 13.9 Å². The Balaban J connectivity index is 2.72. The maximum Gasteiger partial charge on any atom is 0.159 e. The van der Waals surface area contributed by atoms with Gasteiger partial charge in [0.05, 0.1) is 0 Å². The van der Waals surface area contributed by atoms with E-state index in [-0.39, 0.29) is 18.4 Å². The Morgan fingerprint density at radius 2 is 2.00 bits per heavy atom. The summed E-state index contributed by atoms with van der Waals surface area (Å²) in [5, 5.41) is 9.01. The van der Waals surface area contributed by atoms with E-state index in [0.29, 0.717) is 13.0 Å². The van der Waals surface area contributed by atoms with Crippen molar-refractivity contribution in [2.45, 2.75) is 19.3 Å². The van der Waals surface area contributed by atoms with Crippen molar-refractivity contribution >= 4 is 0 Å². The van der Waals surface area contributed by atoms with E-state index in [9.17, 15) is 8.78 Å². The molecule has 1 rings (SSSR count). The molecule has 0 aliphatic carbocycles. The SMILES string of the molecule is CC(CC(CN)CO)c1ccc(F)c(F)c1. The standard InChI is InChI=1S/C12H17F2NO/c1-8(4-9(6-15)7-16)10-2-3-11(13)12(14)5-10/h2-3,5,8-9,16H,4,6-7,15H2,1H3. The molecule has 0 radical (unpaired) electrons. The van der Waals surface area contributed by atoms with Crippen LogP contribution in [0.4, 0.5) is 8.78 Å². The quantitative estimate of drug-likeness (QED) is 0.811. The maximum absolute atomic E-state index is 13.0. The molecule has 0 bridgehead atoms. The Hall–Kier alpha value is -1.00. The molecular formula is C12H17F2NO. The molecule has 90 valence electrons. The average molecular weight is 229 g/mol. The number of hydrogen-bond donors (Lipinski definition) is 2. The molecule has 1 aromatic carbocycles. The van der Waals surface area contributed by atoms with E-state index >= 15 is 0 Å². The lowest BCUT2D eigenvalue weighted by atomic mass is 9.90. The number of hydrogen-bond acceptors (Lipinski definition) is 2. The van der Waals surface area contributed by atoms with Crippen LogP contribution in [0.1, 0.15) is 24.8 Å². The molecule has 2 unspecified atom stereocenters. The van der Waals surface area contributed by atoms with Crippen molar-refractivity contribution in [1.29, 1.82) is 0 Å². The van der Waals surface area contributed by atoms with Crippen LogP contribution in [0.25, 0.3) is 0 Å². The second-order valence-corrected chi connectivity index (χ2v) is 4.09. The summed E-state index contributed by atoms with van der Waals surface area (Å²) in [7, 11) is 0. The topological polar surface area (TPSA) is 46.2 Å². The molecule has 0 amide bonds. The summed E-state index contributed by atoms with van der Waals surface area (Å²) in [4.78, 5) is 0. The van der Waals surface area contributed by atoms with E-state index in [0.717, 1.165) is 11.6 Å². The van der Waals surface area contributed by atoms with Crippen LogP contribution in [0.3, 0.4) is 0 Å². The first-order chi connectivity index (χ1) is 7.58. The number of rotatable bonds is 5. The zero-order valence-corrected chi connectivity index (χ0v) is 9.29. The van der Waals surface area contributed by atoms with E-state index in [2.05, 4.69) is 0 Å². The molecule has 16 heavy (non-hydrogen) atoms. The molecule has 1 aromatic rings. The third-order valence-corrected chi connectivity index (χ3v) is 2.79. The summed E-state index contributed by atoms with van der Waals surface area (Å²) in [5.41, 5.74) is 6.20. The fraction of sp³-hybridized carbons (Fsp3) is 0.500. The van der Waals surface area contributed by atoms with Crippen LogP contribution >= 0.6 is 0 Å². The van der Waals surface area contributed by atoms with Crippen LogP contribution < -0.4 is 5.73 Å². The molecule has 0 saturated heterocycles. The third-order valence-electron chi connectivity index (χ3n) is 2.79. The zero-order chi connectivity index (χ0) is 12.1. The molecule has 0 aromatic heterocycles. The van der Waals surface area contributed by atoms with Gasteiger partial charge in [0.15, 0.2) is 11.6 Å². The van der Waals surface area contributed by atoms with E-state index in [1.54, 1.807) is 6.07 Å². The summed E-state index contributed by atoms with van der Waals surface area (Å²) < 4.78 is 25.7. The van der Waals surface area contributed by atoms with Crippen LogP contribution in [0, 0.1) is 17.6 Å². The second-order valence-electron chi connectivity index (χ2n) is 4.09. The van der Waals surface area contributed by atoms with Gasteiger partial charge in [-0.2, -0.15) is 0 Å². The Morgan fingerprint density at radius 3 is 2.50 bits per heavy atom. The van der Waals surface area contributed by atoms with Crippen LogP contribution in [-0.4, -0.2) is 18.3 Å². The molecule has 0 heterocycles. The Morgan fingerprint density at radius 1 is 1.31 bits per heavy atom. The minimum atomic E-state index is -0.839. The maximum atomic E-state index is 13.0. The summed E-state index contributed by atoms with van der Waals surface area (Å²) in [6, 6.07) is 3.89. The van der Waals surface area contributed by atoms with Gasteiger partial charge in [0.1, 0.15) is 0 Å². The van der Waals surface area contributed by atoms with Crippen molar-refractivity contribution in [3.05, 3.63) is 35.4 Å². The predicted molar refractivity (Wildman–Crippen MR) is 59.0 cm³/mol. The Labute approximate surface area is 94.1 Å². The summed E-state index contributed by atoms with van der Waals surface area (Å²) >= 11 is 0. The van der Waals surface area contributed by atoms with Crippen LogP contribution in [0.2, 0.25) is 0 Å². The molecular weight excluding hydrogens is 212 g/mol. The molecule has 0 aliphatic heterocycles. The fourth-order valence-corrected chi connectivity index (χ4v) is 1.70. The van der Waals surface area contributed by atoms with Gasteiger partial charge in [0.2, 0.25) is 0 Å². The minimum absolute atomic E-state index is 0.00288. The van der Waals surface area contributed by atoms with Gasteiger partial charge in [0.25, 0.3) is 0 Å². The number of aliphatic hydroxyl groups excluding tert-OH is 1. The molecule has 0 fully saturated rings. The average Bonchev–Trinajstić information content (AvgIpc) is 2.29. The van der Waals surface area contributed by atoms with Crippen molar-refractivity contribution in [2.24, 2.45) is 11.7 Å². The monoisotopic (exact) mass is 229 g/mol. The van der Waals surface area contributed by atoms with Crippen LogP contribution in [-0.2, 0) is 0 Å². The van der Waals surface area contributed by atoms with Gasteiger partial charge in [-0.1, -0.05) is 13.0 Å². The van der Waals surface area contributed by atoms with Gasteiger partial charge >= 0.3 is 0 Å². The third kappa shape index (κ3) is 3.25. The summed E-state index contributed by atoms with van der Waals surface area (Å²) in [5.74, 6) is -1.62. The van der Waals surface area contributed by atoms with Crippen LogP contribution in [0.15, 0.2) is 18.2 Å². The number of aliphatic hydroxyl groups is 1. The molecule has 3 N–H and O–H groups in total.